The van der Waals surface area contributed by atoms with E-state index in [-0.39, 0.29) is 17.7 Å². The number of anilines is 1. The number of sulfonamides is 1. The highest BCUT2D eigenvalue weighted by Gasteiger charge is 2.44. The van der Waals surface area contributed by atoms with E-state index in [0.717, 1.165) is 11.1 Å². The van der Waals surface area contributed by atoms with E-state index in [2.05, 4.69) is 5.32 Å². The molecule has 1 aliphatic heterocycles. The van der Waals surface area contributed by atoms with Gasteiger partial charge in [0.2, 0.25) is 11.8 Å². The second-order valence-electron chi connectivity index (χ2n) is 6.90. The van der Waals surface area contributed by atoms with E-state index in [4.69, 9.17) is 11.6 Å². The molecule has 0 saturated carbocycles. The largest absolute Gasteiger partial charge is 0.324 e. The van der Waals surface area contributed by atoms with Crippen molar-refractivity contribution in [2.24, 2.45) is 0 Å². The van der Waals surface area contributed by atoms with Gasteiger partial charge < -0.3 is 5.32 Å². The van der Waals surface area contributed by atoms with Crippen molar-refractivity contribution in [1.82, 2.24) is 4.31 Å². The SMILES string of the molecule is Cc1ccc(S(=O)(=O)N2C(=O)CCC2C(=O)Nc2cccc(Cl)c2C)cc1C. The van der Waals surface area contributed by atoms with Crippen molar-refractivity contribution in [2.75, 3.05) is 5.32 Å². The van der Waals surface area contributed by atoms with Gasteiger partial charge in [-0.05, 0) is 68.1 Å². The molecule has 148 valence electrons. The van der Waals surface area contributed by atoms with Crippen molar-refractivity contribution < 1.29 is 18.0 Å². The number of amides is 2. The number of nitrogens with zero attached hydrogens (tertiary/aromatic N) is 1. The molecule has 1 fully saturated rings. The molecule has 6 nitrogen and oxygen atoms in total. The molecule has 0 aliphatic carbocycles. The van der Waals surface area contributed by atoms with Crippen LogP contribution in [0.4, 0.5) is 5.69 Å². The Labute approximate surface area is 169 Å². The van der Waals surface area contributed by atoms with Gasteiger partial charge in [0.25, 0.3) is 10.0 Å². The van der Waals surface area contributed by atoms with E-state index in [1.807, 2.05) is 6.92 Å². The van der Waals surface area contributed by atoms with Crippen molar-refractivity contribution in [2.45, 2.75) is 44.6 Å². The lowest BCUT2D eigenvalue weighted by Crippen LogP contribution is -2.45. The van der Waals surface area contributed by atoms with Gasteiger partial charge in [0.05, 0.1) is 4.90 Å². The molecule has 8 heteroatoms. The van der Waals surface area contributed by atoms with Crippen molar-refractivity contribution in [3.05, 3.63) is 58.1 Å². The van der Waals surface area contributed by atoms with Crippen LogP contribution >= 0.6 is 11.6 Å². The topological polar surface area (TPSA) is 83.6 Å². The maximum Gasteiger partial charge on any atom is 0.267 e. The van der Waals surface area contributed by atoms with Crippen molar-refractivity contribution in [3.63, 3.8) is 0 Å². The molecule has 0 radical (unpaired) electrons. The highest BCUT2D eigenvalue weighted by molar-refractivity contribution is 7.89. The van der Waals surface area contributed by atoms with E-state index >= 15 is 0 Å². The highest BCUT2D eigenvalue weighted by atomic mass is 35.5. The lowest BCUT2D eigenvalue weighted by Gasteiger charge is -2.24. The van der Waals surface area contributed by atoms with Crippen LogP contribution in [0.3, 0.4) is 0 Å². The van der Waals surface area contributed by atoms with Gasteiger partial charge in [-0.2, -0.15) is 0 Å². The van der Waals surface area contributed by atoms with E-state index in [1.165, 1.54) is 12.1 Å². The zero-order valence-corrected chi connectivity index (χ0v) is 17.4. The minimum absolute atomic E-state index is 0.00239. The molecule has 1 unspecified atom stereocenters. The molecular formula is C20H21ClN2O4S. The third kappa shape index (κ3) is 3.64. The Morgan fingerprint density at radius 2 is 1.86 bits per heavy atom. The Hall–Kier alpha value is -2.38. The Bertz CT molecular complexity index is 1070. The number of carbonyl (C=O) groups excluding carboxylic acids is 2. The summed E-state index contributed by atoms with van der Waals surface area (Å²) in [5.41, 5.74) is 2.89. The Morgan fingerprint density at radius 3 is 2.54 bits per heavy atom. The van der Waals surface area contributed by atoms with Crippen molar-refractivity contribution >= 4 is 39.1 Å². The summed E-state index contributed by atoms with van der Waals surface area (Å²) in [6.07, 6.45) is 0.130. The van der Waals surface area contributed by atoms with Crippen LogP contribution in [0.25, 0.3) is 0 Å². The summed E-state index contributed by atoms with van der Waals surface area (Å²) in [5, 5.41) is 3.19. The average molecular weight is 421 g/mol. The molecule has 0 bridgehead atoms. The molecule has 1 N–H and O–H groups in total. The fourth-order valence-electron chi connectivity index (χ4n) is 3.15. The average Bonchev–Trinajstić information content (AvgIpc) is 3.03. The van der Waals surface area contributed by atoms with Gasteiger partial charge in [0.15, 0.2) is 0 Å². The maximum atomic E-state index is 13.1. The summed E-state index contributed by atoms with van der Waals surface area (Å²) in [4.78, 5) is 25.2. The molecule has 0 spiro atoms. The second-order valence-corrected chi connectivity index (χ2v) is 9.12. The zero-order valence-electron chi connectivity index (χ0n) is 15.8. The number of carbonyl (C=O) groups is 2. The predicted molar refractivity (Wildman–Crippen MR) is 108 cm³/mol. The van der Waals surface area contributed by atoms with Crippen LogP contribution in [0.5, 0.6) is 0 Å². The van der Waals surface area contributed by atoms with Crippen molar-refractivity contribution in [1.29, 1.82) is 0 Å². The molecular weight excluding hydrogens is 400 g/mol. The van der Waals surface area contributed by atoms with Crippen molar-refractivity contribution in [3.8, 4) is 0 Å². The first-order valence-corrected chi connectivity index (χ1v) is 10.6. The Morgan fingerprint density at radius 1 is 1.14 bits per heavy atom. The molecule has 0 aromatic heterocycles. The normalized spacial score (nSPS) is 17.1. The summed E-state index contributed by atoms with van der Waals surface area (Å²) in [6, 6.07) is 8.63. The Balaban J connectivity index is 1.93. The van der Waals surface area contributed by atoms with Crippen LogP contribution in [0, 0.1) is 20.8 Å². The predicted octanol–water partition coefficient (Wildman–Crippen LogP) is 3.58. The first kappa shape index (κ1) is 20.4. The highest BCUT2D eigenvalue weighted by Crippen LogP contribution is 2.30. The van der Waals surface area contributed by atoms with E-state index in [1.54, 1.807) is 38.1 Å². The summed E-state index contributed by atoms with van der Waals surface area (Å²) >= 11 is 6.08. The molecule has 2 aromatic carbocycles. The number of hydrogen-bond acceptors (Lipinski definition) is 4. The quantitative estimate of drug-likeness (QED) is 0.819. The zero-order chi connectivity index (χ0) is 20.6. The van der Waals surface area contributed by atoms with E-state index in [0.29, 0.717) is 20.6 Å². The first-order valence-electron chi connectivity index (χ1n) is 8.83. The third-order valence-corrected chi connectivity index (χ3v) is 7.26. The fraction of sp³-hybridized carbons (Fsp3) is 0.300. The summed E-state index contributed by atoms with van der Waals surface area (Å²) in [6.45, 7) is 5.42. The van der Waals surface area contributed by atoms with Gasteiger partial charge in [0, 0.05) is 17.1 Å². The summed E-state index contributed by atoms with van der Waals surface area (Å²) < 4.78 is 26.9. The molecule has 28 heavy (non-hydrogen) atoms. The molecule has 2 aromatic rings. The van der Waals surface area contributed by atoms with E-state index in [9.17, 15) is 18.0 Å². The first-order chi connectivity index (χ1) is 13.1. The molecule has 1 saturated heterocycles. The number of hydrogen-bond donors (Lipinski definition) is 1. The molecule has 2 amide bonds. The van der Waals surface area contributed by atoms with Gasteiger partial charge in [-0.15, -0.1) is 0 Å². The van der Waals surface area contributed by atoms with Crippen LogP contribution in [-0.4, -0.2) is 30.6 Å². The second kappa shape index (κ2) is 7.56. The minimum Gasteiger partial charge on any atom is -0.324 e. The molecule has 1 aliphatic rings. The molecule has 1 heterocycles. The van der Waals surface area contributed by atoms with E-state index < -0.39 is 27.9 Å². The maximum absolute atomic E-state index is 13.1. The number of rotatable bonds is 4. The van der Waals surface area contributed by atoms with Gasteiger partial charge in [0.1, 0.15) is 6.04 Å². The van der Waals surface area contributed by atoms with Gasteiger partial charge in [-0.3, -0.25) is 9.59 Å². The number of benzene rings is 2. The monoisotopic (exact) mass is 420 g/mol. The minimum atomic E-state index is -4.14. The van der Waals surface area contributed by atoms with Gasteiger partial charge in [-0.1, -0.05) is 23.7 Å². The fourth-order valence-corrected chi connectivity index (χ4v) is 5.01. The lowest BCUT2D eigenvalue weighted by atomic mass is 10.1. The smallest absolute Gasteiger partial charge is 0.267 e. The van der Waals surface area contributed by atoms with Crippen LogP contribution in [-0.2, 0) is 19.6 Å². The van der Waals surface area contributed by atoms with Crippen LogP contribution in [0.15, 0.2) is 41.3 Å². The molecule has 1 atom stereocenters. The molecule has 3 rings (SSSR count). The lowest BCUT2D eigenvalue weighted by molar-refractivity contribution is -0.128. The standard InChI is InChI=1S/C20H21ClN2O4S/c1-12-7-8-15(11-13(12)2)28(26,27)23-18(9-10-19(23)24)20(25)22-17-6-4-5-16(21)14(17)3/h4-8,11,18H,9-10H2,1-3H3,(H,22,25). The van der Waals surface area contributed by atoms with Crippen LogP contribution in [0.2, 0.25) is 5.02 Å². The number of nitrogens with one attached hydrogen (secondary N) is 1. The Kier molecular flexibility index (Phi) is 5.50. The summed E-state index contributed by atoms with van der Waals surface area (Å²) in [5.74, 6) is -1.13. The van der Waals surface area contributed by atoms with Crippen LogP contribution in [0.1, 0.15) is 29.5 Å². The number of aryl methyl sites for hydroxylation is 2. The van der Waals surface area contributed by atoms with Crippen LogP contribution < -0.4 is 5.32 Å². The van der Waals surface area contributed by atoms with Gasteiger partial charge >= 0.3 is 0 Å². The number of halogens is 1. The summed E-state index contributed by atoms with van der Waals surface area (Å²) in [7, 11) is -4.14. The third-order valence-electron chi connectivity index (χ3n) is 5.02. The van der Waals surface area contributed by atoms with Gasteiger partial charge in [-0.25, -0.2) is 12.7 Å².